The van der Waals surface area contributed by atoms with E-state index in [0.717, 1.165) is 24.4 Å². The molecule has 0 spiro atoms. The molecule has 0 unspecified atom stereocenters. The summed E-state index contributed by atoms with van der Waals surface area (Å²) in [6.07, 6.45) is 0.939. The Labute approximate surface area is 150 Å². The van der Waals surface area contributed by atoms with Crippen LogP contribution in [0.2, 0.25) is 0 Å². The van der Waals surface area contributed by atoms with Crippen LogP contribution in [0, 0.1) is 11.3 Å². The fourth-order valence-corrected chi connectivity index (χ4v) is 2.96. The van der Waals surface area contributed by atoms with Gasteiger partial charge in [0.15, 0.2) is 17.3 Å². The van der Waals surface area contributed by atoms with Gasteiger partial charge in [-0.3, -0.25) is 9.80 Å². The summed E-state index contributed by atoms with van der Waals surface area (Å²) in [6.45, 7) is 2.83. The average Bonchev–Trinajstić information content (AvgIpc) is 3.28. The Balaban J connectivity index is 1.60. The van der Waals surface area contributed by atoms with E-state index in [9.17, 15) is 10.1 Å². The number of para-hydroxylation sites is 2. The van der Waals surface area contributed by atoms with Gasteiger partial charge in [-0.25, -0.2) is 4.98 Å². The number of aromatic nitrogens is 1. The lowest BCUT2D eigenvalue weighted by Crippen LogP contribution is -2.14. The quantitative estimate of drug-likeness (QED) is 0.670. The lowest BCUT2D eigenvalue weighted by Gasteiger charge is -2.14. The van der Waals surface area contributed by atoms with Crippen molar-refractivity contribution >= 4 is 28.3 Å². The highest BCUT2D eigenvalue weighted by molar-refractivity contribution is 6.02. The van der Waals surface area contributed by atoms with E-state index in [4.69, 9.17) is 4.42 Å². The molecular weight excluding hydrogens is 328 g/mol. The van der Waals surface area contributed by atoms with Gasteiger partial charge in [-0.1, -0.05) is 12.1 Å². The second-order valence-corrected chi connectivity index (χ2v) is 6.20. The number of oxazole rings is 1. The number of fused-ring (bicyclic) bond motifs is 1. The van der Waals surface area contributed by atoms with E-state index < -0.39 is 5.92 Å². The van der Waals surface area contributed by atoms with Crippen LogP contribution in [-0.2, 0) is 0 Å². The second-order valence-electron chi connectivity index (χ2n) is 6.20. The number of hydrazone groups is 1. The van der Waals surface area contributed by atoms with Crippen molar-refractivity contribution in [2.75, 3.05) is 11.6 Å². The molecule has 1 aromatic heterocycles. The van der Waals surface area contributed by atoms with Gasteiger partial charge in [-0.2, -0.15) is 10.4 Å². The zero-order valence-corrected chi connectivity index (χ0v) is 14.2. The first-order chi connectivity index (χ1) is 12.7. The normalized spacial score (nSPS) is 14.9. The summed E-state index contributed by atoms with van der Waals surface area (Å²) < 4.78 is 5.60. The van der Waals surface area contributed by atoms with Crippen LogP contribution in [0.1, 0.15) is 35.5 Å². The summed E-state index contributed by atoms with van der Waals surface area (Å²) in [5, 5.41) is 15.8. The molecular formula is C20H16N4O2. The standard InChI is InChI=1S/C20H16N4O2/c1-13-10-11-24(23-13)15-8-6-14(7-9-15)19(25)16(12-21)20-22-17-4-2-3-5-18(17)26-20/h2-9,16H,10-11H2,1H3/t16-/m1/s1. The fraction of sp³-hybridized carbons (Fsp3) is 0.200. The highest BCUT2D eigenvalue weighted by Gasteiger charge is 2.27. The van der Waals surface area contributed by atoms with Crippen LogP contribution in [0.4, 0.5) is 5.69 Å². The molecule has 1 aliphatic rings. The minimum absolute atomic E-state index is 0.127. The number of rotatable bonds is 4. The number of carbonyl (C=O) groups is 1. The SMILES string of the molecule is CC1=NN(c2ccc(C(=O)[C@@H](C#N)c3nc4ccccc4o3)cc2)CC1. The zero-order valence-electron chi connectivity index (χ0n) is 14.2. The predicted molar refractivity (Wildman–Crippen MR) is 98.2 cm³/mol. The molecule has 2 aromatic carbocycles. The van der Waals surface area contributed by atoms with Crippen LogP contribution in [0.15, 0.2) is 58.0 Å². The van der Waals surface area contributed by atoms with E-state index in [1.807, 2.05) is 42.3 Å². The van der Waals surface area contributed by atoms with Crippen molar-refractivity contribution in [3.63, 3.8) is 0 Å². The number of anilines is 1. The van der Waals surface area contributed by atoms with Crippen molar-refractivity contribution < 1.29 is 9.21 Å². The number of benzene rings is 2. The number of hydrogen-bond donors (Lipinski definition) is 0. The van der Waals surface area contributed by atoms with E-state index in [1.54, 1.807) is 24.3 Å². The average molecular weight is 344 g/mol. The molecule has 0 saturated carbocycles. The van der Waals surface area contributed by atoms with Gasteiger partial charge in [0.2, 0.25) is 5.89 Å². The third-order valence-electron chi connectivity index (χ3n) is 4.38. The smallest absolute Gasteiger partial charge is 0.220 e. The fourth-order valence-electron chi connectivity index (χ4n) is 2.96. The van der Waals surface area contributed by atoms with Crippen molar-refractivity contribution in [1.29, 1.82) is 5.26 Å². The van der Waals surface area contributed by atoms with Crippen molar-refractivity contribution in [3.05, 3.63) is 60.0 Å². The van der Waals surface area contributed by atoms with Crippen molar-refractivity contribution in [2.45, 2.75) is 19.3 Å². The van der Waals surface area contributed by atoms with Crippen molar-refractivity contribution in [1.82, 2.24) is 4.98 Å². The largest absolute Gasteiger partial charge is 0.439 e. The topological polar surface area (TPSA) is 82.5 Å². The first-order valence-corrected chi connectivity index (χ1v) is 8.36. The van der Waals surface area contributed by atoms with E-state index >= 15 is 0 Å². The number of Topliss-reactive ketones (excluding diaryl/α,β-unsaturated/α-hetero) is 1. The summed E-state index contributed by atoms with van der Waals surface area (Å²) in [6, 6.07) is 16.3. The summed E-state index contributed by atoms with van der Waals surface area (Å²) in [4.78, 5) is 17.1. The third kappa shape index (κ3) is 2.84. The van der Waals surface area contributed by atoms with Crippen LogP contribution in [-0.4, -0.2) is 23.0 Å². The third-order valence-corrected chi connectivity index (χ3v) is 4.38. The molecule has 4 rings (SSSR count). The van der Waals surface area contributed by atoms with Crippen molar-refractivity contribution in [2.24, 2.45) is 5.10 Å². The molecule has 0 N–H and O–H groups in total. The molecule has 1 aliphatic heterocycles. The molecule has 0 aliphatic carbocycles. The predicted octanol–water partition coefficient (Wildman–Crippen LogP) is 3.90. The Morgan fingerprint density at radius 3 is 2.65 bits per heavy atom. The maximum absolute atomic E-state index is 12.8. The first kappa shape index (κ1) is 16.0. The molecule has 2 heterocycles. The number of carbonyl (C=O) groups excluding carboxylic acids is 1. The van der Waals surface area contributed by atoms with Gasteiger partial charge in [0.1, 0.15) is 5.52 Å². The Bertz CT molecular complexity index is 1010. The van der Waals surface area contributed by atoms with Gasteiger partial charge in [-0.15, -0.1) is 0 Å². The van der Waals surface area contributed by atoms with Gasteiger partial charge in [0.05, 0.1) is 11.8 Å². The molecule has 6 heteroatoms. The lowest BCUT2D eigenvalue weighted by molar-refractivity contribution is 0.0970. The summed E-state index contributed by atoms with van der Waals surface area (Å²) in [5.74, 6) is -1.27. The minimum Gasteiger partial charge on any atom is -0.439 e. The Hall–Kier alpha value is -3.46. The van der Waals surface area contributed by atoms with Crippen LogP contribution < -0.4 is 5.01 Å². The van der Waals surface area contributed by atoms with Gasteiger partial charge >= 0.3 is 0 Å². The monoisotopic (exact) mass is 344 g/mol. The van der Waals surface area contributed by atoms with Gasteiger partial charge in [0, 0.05) is 24.2 Å². The Morgan fingerprint density at radius 1 is 1.23 bits per heavy atom. The maximum Gasteiger partial charge on any atom is 0.220 e. The lowest BCUT2D eigenvalue weighted by atomic mass is 9.98. The van der Waals surface area contributed by atoms with Crippen LogP contribution in [0.5, 0.6) is 0 Å². The molecule has 6 nitrogen and oxygen atoms in total. The molecule has 1 atom stereocenters. The van der Waals surface area contributed by atoms with E-state index in [-0.39, 0.29) is 11.7 Å². The Morgan fingerprint density at radius 2 is 2.00 bits per heavy atom. The number of hydrogen-bond acceptors (Lipinski definition) is 6. The number of ketones is 1. The number of nitrogens with zero attached hydrogens (tertiary/aromatic N) is 4. The Kier molecular flexibility index (Phi) is 3.98. The summed E-state index contributed by atoms with van der Waals surface area (Å²) in [5.41, 5.74) is 3.66. The minimum atomic E-state index is -1.07. The molecule has 128 valence electrons. The van der Waals surface area contributed by atoms with Crippen LogP contribution in [0.3, 0.4) is 0 Å². The maximum atomic E-state index is 12.8. The molecule has 3 aromatic rings. The molecule has 0 fully saturated rings. The zero-order chi connectivity index (χ0) is 18.1. The molecule has 0 bridgehead atoms. The summed E-state index contributed by atoms with van der Waals surface area (Å²) in [7, 11) is 0. The highest BCUT2D eigenvalue weighted by Crippen LogP contribution is 2.26. The van der Waals surface area contributed by atoms with Crippen LogP contribution >= 0.6 is 0 Å². The second kappa shape index (κ2) is 6.45. The molecule has 0 saturated heterocycles. The van der Waals surface area contributed by atoms with Gasteiger partial charge < -0.3 is 4.42 Å². The van der Waals surface area contributed by atoms with Gasteiger partial charge in [0.25, 0.3) is 0 Å². The first-order valence-electron chi connectivity index (χ1n) is 8.36. The van der Waals surface area contributed by atoms with Gasteiger partial charge in [-0.05, 0) is 43.3 Å². The van der Waals surface area contributed by atoms with E-state index in [0.29, 0.717) is 16.7 Å². The molecule has 0 radical (unpaired) electrons. The number of nitriles is 1. The van der Waals surface area contributed by atoms with Crippen LogP contribution in [0.25, 0.3) is 11.1 Å². The molecule has 26 heavy (non-hydrogen) atoms. The van der Waals surface area contributed by atoms with E-state index in [1.165, 1.54) is 0 Å². The molecule has 0 amide bonds. The summed E-state index contributed by atoms with van der Waals surface area (Å²) >= 11 is 0. The van der Waals surface area contributed by atoms with Crippen molar-refractivity contribution in [3.8, 4) is 6.07 Å². The highest BCUT2D eigenvalue weighted by atomic mass is 16.3. The van der Waals surface area contributed by atoms with E-state index in [2.05, 4.69) is 10.1 Å².